The van der Waals surface area contributed by atoms with Gasteiger partial charge in [0.2, 0.25) is 0 Å². The molecule has 10 heteroatoms. The van der Waals surface area contributed by atoms with E-state index in [-0.39, 0.29) is 35.3 Å². The van der Waals surface area contributed by atoms with E-state index in [2.05, 4.69) is 15.5 Å². The summed E-state index contributed by atoms with van der Waals surface area (Å²) in [7, 11) is 0. The van der Waals surface area contributed by atoms with Gasteiger partial charge in [0.15, 0.2) is 0 Å². The van der Waals surface area contributed by atoms with Gasteiger partial charge < -0.3 is 30.1 Å². The number of carbonyl (C=O) groups is 3. The molecule has 4 aromatic rings. The summed E-state index contributed by atoms with van der Waals surface area (Å²) in [6.07, 6.45) is 0.155. The summed E-state index contributed by atoms with van der Waals surface area (Å²) in [6, 6.07) is 27.7. The van der Waals surface area contributed by atoms with Crippen LogP contribution in [0.4, 0.5) is 20.2 Å². The number of nitrogens with one attached hydrogen (secondary N) is 2. The minimum absolute atomic E-state index is 0.0967. The van der Waals surface area contributed by atoms with Gasteiger partial charge in [0.05, 0.1) is 11.1 Å². The van der Waals surface area contributed by atoms with Gasteiger partial charge in [-0.2, -0.15) is 0 Å². The molecule has 3 aliphatic heterocycles. The van der Waals surface area contributed by atoms with Crippen LogP contribution in [0.3, 0.4) is 0 Å². The first-order valence-electron chi connectivity index (χ1n) is 16.3. The summed E-state index contributed by atoms with van der Waals surface area (Å²) in [5.41, 5.74) is 3.39. The van der Waals surface area contributed by atoms with E-state index in [0.717, 1.165) is 0 Å². The number of hydrogen-bond acceptors (Lipinski definition) is 6. The largest absolute Gasteiger partial charge is 0.361 e. The van der Waals surface area contributed by atoms with Crippen molar-refractivity contribution in [1.82, 2.24) is 14.7 Å². The zero-order valence-corrected chi connectivity index (χ0v) is 27.0. The molecule has 2 N–H and O–H groups in total. The van der Waals surface area contributed by atoms with Crippen molar-refractivity contribution < 1.29 is 23.2 Å². The lowest BCUT2D eigenvalue weighted by Crippen LogP contribution is -2.53. The molecule has 8 nitrogen and oxygen atoms in total. The Morgan fingerprint density at radius 1 is 0.667 bits per heavy atom. The maximum atomic E-state index is 15.0. The van der Waals surface area contributed by atoms with Gasteiger partial charge in [-0.3, -0.25) is 9.59 Å². The fourth-order valence-corrected chi connectivity index (χ4v) is 6.71. The number of benzene rings is 4. The van der Waals surface area contributed by atoms with Crippen molar-refractivity contribution in [3.05, 3.63) is 131 Å². The fourth-order valence-electron chi connectivity index (χ4n) is 6.71. The van der Waals surface area contributed by atoms with Gasteiger partial charge >= 0.3 is 0 Å². The van der Waals surface area contributed by atoms with Gasteiger partial charge in [-0.15, -0.1) is 0 Å². The fraction of sp³-hybridized carbons (Fsp3) is 0.289. The Morgan fingerprint density at radius 2 is 1.12 bits per heavy atom. The Hall–Kier alpha value is -5.09. The van der Waals surface area contributed by atoms with Crippen LogP contribution in [0.5, 0.6) is 0 Å². The third kappa shape index (κ3) is 6.80. The van der Waals surface area contributed by atoms with Crippen LogP contribution in [0.15, 0.2) is 97.1 Å². The van der Waals surface area contributed by atoms with Gasteiger partial charge in [0.25, 0.3) is 11.8 Å². The summed E-state index contributed by atoms with van der Waals surface area (Å²) in [4.78, 5) is 42.7. The number of hydrogen-bond donors (Lipinski definition) is 2. The second kappa shape index (κ2) is 14.4. The average Bonchev–Trinajstić information content (AvgIpc) is 3.08. The molecule has 48 heavy (non-hydrogen) atoms. The summed E-state index contributed by atoms with van der Waals surface area (Å²) in [5, 5.41) is 6.79. The Balaban J connectivity index is 0.000000952. The standard InChI is InChI=1S/C35H33F2N5O2.C3H6O/c36-28-13-5-1-9-24(28)32-38-30-15-7-3-11-26(30)34(43)41(32)22-21-40-19-17-23(18-20-40)42-33(25-10-2-6-14-29(25)37)39-31-16-8-4-12-27(31)35(42)44;1-3(2)4/h1-16,23,32-33,38-39H,17-22H2;1-2H3/t32-,33+;/m0./s1. The summed E-state index contributed by atoms with van der Waals surface area (Å²) in [5.74, 6) is -0.805. The molecule has 2 amide bonds. The lowest BCUT2D eigenvalue weighted by Gasteiger charge is -2.46. The Morgan fingerprint density at radius 3 is 1.69 bits per heavy atom. The van der Waals surface area contributed by atoms with E-state index in [4.69, 9.17) is 0 Å². The highest BCUT2D eigenvalue weighted by Gasteiger charge is 2.40. The Kier molecular flexibility index (Phi) is 9.82. The quantitative estimate of drug-likeness (QED) is 0.237. The van der Waals surface area contributed by atoms with E-state index in [9.17, 15) is 18.8 Å². The number of anilines is 2. The number of carbonyl (C=O) groups excluding carboxylic acids is 3. The summed E-state index contributed by atoms with van der Waals surface area (Å²) >= 11 is 0. The monoisotopic (exact) mass is 651 g/mol. The topological polar surface area (TPSA) is 85.0 Å². The molecule has 2 atom stereocenters. The van der Waals surface area contributed by atoms with Crippen LogP contribution >= 0.6 is 0 Å². The number of ketones is 1. The smallest absolute Gasteiger partial charge is 0.258 e. The molecule has 4 aromatic carbocycles. The maximum absolute atomic E-state index is 15.0. The highest BCUT2D eigenvalue weighted by molar-refractivity contribution is 6.02. The van der Waals surface area contributed by atoms with Crippen molar-refractivity contribution in [2.75, 3.05) is 36.8 Å². The molecule has 0 aromatic heterocycles. The predicted octanol–water partition coefficient (Wildman–Crippen LogP) is 6.86. The van der Waals surface area contributed by atoms with Crippen LogP contribution in [-0.4, -0.2) is 64.5 Å². The molecule has 3 heterocycles. The van der Waals surface area contributed by atoms with E-state index in [1.54, 1.807) is 58.3 Å². The maximum Gasteiger partial charge on any atom is 0.258 e. The average molecular weight is 652 g/mol. The molecule has 0 bridgehead atoms. The summed E-state index contributed by atoms with van der Waals surface area (Å²) < 4.78 is 29.9. The zero-order valence-electron chi connectivity index (χ0n) is 27.0. The van der Waals surface area contributed by atoms with Crippen LogP contribution < -0.4 is 10.6 Å². The first-order chi connectivity index (χ1) is 23.2. The predicted molar refractivity (Wildman–Crippen MR) is 181 cm³/mol. The number of piperidine rings is 1. The van der Waals surface area contributed by atoms with E-state index in [1.165, 1.54) is 26.0 Å². The zero-order chi connectivity index (χ0) is 33.8. The van der Waals surface area contributed by atoms with Gasteiger partial charge in [-0.05, 0) is 63.1 Å². The number of nitrogens with zero attached hydrogens (tertiary/aromatic N) is 3. The first-order valence-corrected chi connectivity index (χ1v) is 16.3. The number of Topliss-reactive ketones (excluding diaryl/α,β-unsaturated/α-hetero) is 1. The Labute approximate surface area is 279 Å². The van der Waals surface area contributed by atoms with E-state index < -0.39 is 12.3 Å². The lowest BCUT2D eigenvalue weighted by molar-refractivity contribution is -0.115. The third-order valence-electron chi connectivity index (χ3n) is 8.99. The number of para-hydroxylation sites is 2. The van der Waals surface area contributed by atoms with Crippen molar-refractivity contribution in [1.29, 1.82) is 0 Å². The molecule has 7 rings (SSSR count). The van der Waals surface area contributed by atoms with Gasteiger partial charge in [0.1, 0.15) is 29.7 Å². The van der Waals surface area contributed by atoms with Crippen molar-refractivity contribution in [3.8, 4) is 0 Å². The van der Waals surface area contributed by atoms with Crippen LogP contribution in [0.25, 0.3) is 0 Å². The molecule has 248 valence electrons. The molecule has 1 saturated heterocycles. The number of likely N-dealkylation sites (tertiary alicyclic amines) is 1. The minimum atomic E-state index is -0.630. The van der Waals surface area contributed by atoms with Gasteiger partial charge in [-0.1, -0.05) is 60.7 Å². The molecule has 0 saturated carbocycles. The minimum Gasteiger partial charge on any atom is -0.361 e. The van der Waals surface area contributed by atoms with Crippen molar-refractivity contribution in [2.45, 2.75) is 45.1 Å². The molecule has 0 radical (unpaired) electrons. The molecule has 0 aliphatic carbocycles. The van der Waals surface area contributed by atoms with Crippen molar-refractivity contribution in [3.63, 3.8) is 0 Å². The number of halogens is 2. The van der Waals surface area contributed by atoms with Gasteiger partial charge in [0, 0.05) is 54.7 Å². The first kappa shape index (κ1) is 32.8. The van der Waals surface area contributed by atoms with E-state index in [1.807, 2.05) is 36.4 Å². The van der Waals surface area contributed by atoms with Crippen LogP contribution in [0.2, 0.25) is 0 Å². The van der Waals surface area contributed by atoms with Crippen molar-refractivity contribution >= 4 is 29.0 Å². The van der Waals surface area contributed by atoms with Crippen molar-refractivity contribution in [2.24, 2.45) is 0 Å². The second-order valence-corrected chi connectivity index (χ2v) is 12.4. The van der Waals surface area contributed by atoms with Crippen LogP contribution in [0.1, 0.15) is 70.9 Å². The summed E-state index contributed by atoms with van der Waals surface area (Å²) in [6.45, 7) is 5.46. The molecule has 1 fully saturated rings. The third-order valence-corrected chi connectivity index (χ3v) is 8.99. The lowest BCUT2D eigenvalue weighted by atomic mass is 9.96. The molecular weight excluding hydrogens is 612 g/mol. The molecule has 3 aliphatic rings. The highest BCUT2D eigenvalue weighted by Crippen LogP contribution is 2.38. The van der Waals surface area contributed by atoms with Gasteiger partial charge in [-0.25, -0.2) is 8.78 Å². The Bertz CT molecular complexity index is 1800. The highest BCUT2D eigenvalue weighted by atomic mass is 19.1. The van der Waals surface area contributed by atoms with E-state index in [0.29, 0.717) is 72.6 Å². The number of fused-ring (bicyclic) bond motifs is 2. The van der Waals surface area contributed by atoms with Crippen LogP contribution in [-0.2, 0) is 4.79 Å². The molecule has 0 spiro atoms. The molecular formula is C38H39F2N5O3. The normalized spacial score (nSPS) is 19.3. The SMILES string of the molecule is CC(C)=O.O=C1c2ccccc2N[C@H](c2ccccc2F)N1CCN1CCC(N2C(=O)c3ccccc3N[C@H]2c2ccccc2F)CC1. The van der Waals surface area contributed by atoms with Crippen LogP contribution in [0, 0.1) is 11.6 Å². The second-order valence-electron chi connectivity index (χ2n) is 12.4. The molecule has 0 unspecified atom stereocenters. The number of rotatable bonds is 6. The van der Waals surface area contributed by atoms with E-state index >= 15 is 4.39 Å². The number of amides is 2.